The van der Waals surface area contributed by atoms with Gasteiger partial charge in [-0.05, 0) is 29.8 Å². The van der Waals surface area contributed by atoms with E-state index in [0.717, 1.165) is 27.5 Å². The average Bonchev–Trinajstić information content (AvgIpc) is 3.10. The summed E-state index contributed by atoms with van der Waals surface area (Å²) < 4.78 is 6.85. The Kier molecular flexibility index (Phi) is 3.42. The van der Waals surface area contributed by atoms with Crippen molar-refractivity contribution >= 4 is 34.8 Å². The van der Waals surface area contributed by atoms with Crippen LogP contribution in [0.15, 0.2) is 59.8 Å². The van der Waals surface area contributed by atoms with Gasteiger partial charge in [-0.3, -0.25) is 9.36 Å². The summed E-state index contributed by atoms with van der Waals surface area (Å²) in [5.41, 5.74) is 2.77. The molecule has 5 heteroatoms. The first-order valence-corrected chi connectivity index (χ1v) is 8.15. The number of hydrogen-bond donors (Lipinski definition) is 0. The van der Waals surface area contributed by atoms with Crippen LogP contribution in [0.5, 0.6) is 5.75 Å². The van der Waals surface area contributed by atoms with Crippen molar-refractivity contribution in [3.05, 3.63) is 60.2 Å². The summed E-state index contributed by atoms with van der Waals surface area (Å²) in [6.07, 6.45) is 3.89. The van der Waals surface area contributed by atoms with Crippen molar-refractivity contribution in [3.8, 4) is 5.75 Å². The minimum atomic E-state index is -0.232. The molecule has 0 saturated heterocycles. The SMILES string of the molecule is COc1ccc(/C=C/C2Sc3nc4ccccc4n3C2=O)cc1. The number of thioether (sulfide) groups is 1. The van der Waals surface area contributed by atoms with Gasteiger partial charge < -0.3 is 4.74 Å². The first-order valence-electron chi connectivity index (χ1n) is 7.27. The standard InChI is InChI=1S/C18H14N2O2S/c1-22-13-9-6-12(7-10-13)8-11-16-17(21)20-15-5-3-2-4-14(15)19-18(20)23-16/h2-11,16H,1H3/b11-8+. The van der Waals surface area contributed by atoms with Crippen molar-refractivity contribution in [2.45, 2.75) is 10.4 Å². The zero-order valence-electron chi connectivity index (χ0n) is 12.5. The number of rotatable bonds is 3. The molecule has 1 aliphatic heterocycles. The highest BCUT2D eigenvalue weighted by atomic mass is 32.2. The molecule has 0 saturated carbocycles. The minimum Gasteiger partial charge on any atom is -0.497 e. The largest absolute Gasteiger partial charge is 0.497 e. The Morgan fingerprint density at radius 2 is 1.96 bits per heavy atom. The summed E-state index contributed by atoms with van der Waals surface area (Å²) in [5.74, 6) is 0.878. The van der Waals surface area contributed by atoms with Crippen molar-refractivity contribution in [3.63, 3.8) is 0 Å². The van der Waals surface area contributed by atoms with Crippen LogP contribution in [-0.4, -0.2) is 27.8 Å². The van der Waals surface area contributed by atoms with Crippen molar-refractivity contribution in [2.24, 2.45) is 0 Å². The third kappa shape index (κ3) is 2.43. The lowest BCUT2D eigenvalue weighted by molar-refractivity contribution is 0.0927. The molecular formula is C18H14N2O2S. The van der Waals surface area contributed by atoms with Crippen LogP contribution in [0.25, 0.3) is 17.1 Å². The van der Waals surface area contributed by atoms with Crippen molar-refractivity contribution in [1.29, 1.82) is 0 Å². The molecule has 114 valence electrons. The monoisotopic (exact) mass is 322 g/mol. The molecule has 1 aromatic heterocycles. The lowest BCUT2D eigenvalue weighted by atomic mass is 10.2. The Hall–Kier alpha value is -2.53. The Labute approximate surface area is 137 Å². The maximum atomic E-state index is 12.6. The Morgan fingerprint density at radius 3 is 2.74 bits per heavy atom. The number of carbonyl (C=O) groups excluding carboxylic acids is 1. The number of fused-ring (bicyclic) bond motifs is 3. The van der Waals surface area contributed by atoms with Gasteiger partial charge in [-0.15, -0.1) is 0 Å². The first-order chi connectivity index (χ1) is 11.3. The third-order valence-electron chi connectivity index (χ3n) is 3.81. The van der Waals surface area contributed by atoms with Gasteiger partial charge >= 0.3 is 0 Å². The van der Waals surface area contributed by atoms with Crippen molar-refractivity contribution < 1.29 is 9.53 Å². The van der Waals surface area contributed by atoms with E-state index in [1.165, 1.54) is 11.8 Å². The number of aromatic nitrogens is 2. The summed E-state index contributed by atoms with van der Waals surface area (Å²) in [6, 6.07) is 15.5. The molecule has 0 bridgehead atoms. The molecule has 0 spiro atoms. The number of carbonyl (C=O) groups is 1. The molecule has 2 aromatic carbocycles. The van der Waals surface area contributed by atoms with Gasteiger partial charge in [0, 0.05) is 0 Å². The van der Waals surface area contributed by atoms with Gasteiger partial charge in [0.25, 0.3) is 5.91 Å². The first kappa shape index (κ1) is 14.1. The number of benzene rings is 2. The normalized spacial score (nSPS) is 17.1. The lowest BCUT2D eigenvalue weighted by Gasteiger charge is -2.02. The van der Waals surface area contributed by atoms with Gasteiger partial charge in [0.15, 0.2) is 5.16 Å². The quantitative estimate of drug-likeness (QED) is 0.734. The molecule has 0 fully saturated rings. The summed E-state index contributed by atoms with van der Waals surface area (Å²) >= 11 is 1.49. The maximum absolute atomic E-state index is 12.6. The molecule has 1 unspecified atom stereocenters. The summed E-state index contributed by atoms with van der Waals surface area (Å²) in [7, 11) is 1.64. The molecule has 4 nitrogen and oxygen atoms in total. The van der Waals surface area contributed by atoms with Crippen LogP contribution in [0.2, 0.25) is 0 Å². The van der Waals surface area contributed by atoms with E-state index in [9.17, 15) is 4.79 Å². The van der Waals surface area contributed by atoms with Crippen LogP contribution < -0.4 is 4.74 Å². The number of methoxy groups -OCH3 is 1. The highest BCUT2D eigenvalue weighted by molar-refractivity contribution is 8.01. The van der Waals surface area contributed by atoms with Crippen LogP contribution in [0, 0.1) is 0 Å². The average molecular weight is 322 g/mol. The molecule has 4 rings (SSSR count). The number of ether oxygens (including phenoxy) is 1. The Bertz CT molecular complexity index is 912. The van der Waals surface area contributed by atoms with Crippen LogP contribution >= 0.6 is 11.8 Å². The second-order valence-corrected chi connectivity index (χ2v) is 6.34. The van der Waals surface area contributed by atoms with E-state index in [1.54, 1.807) is 11.7 Å². The maximum Gasteiger partial charge on any atom is 0.250 e. The minimum absolute atomic E-state index is 0.0588. The molecule has 2 heterocycles. The fourth-order valence-electron chi connectivity index (χ4n) is 2.62. The van der Waals surface area contributed by atoms with E-state index in [0.29, 0.717) is 0 Å². The lowest BCUT2D eigenvalue weighted by Crippen LogP contribution is -2.15. The molecule has 1 atom stereocenters. The molecule has 3 aromatic rings. The number of imidazole rings is 1. The van der Waals surface area contributed by atoms with E-state index < -0.39 is 0 Å². The predicted octanol–water partition coefficient (Wildman–Crippen LogP) is 3.87. The van der Waals surface area contributed by atoms with Crippen molar-refractivity contribution in [1.82, 2.24) is 9.55 Å². The summed E-state index contributed by atoms with van der Waals surface area (Å²) in [5, 5.41) is 0.532. The highest BCUT2D eigenvalue weighted by Crippen LogP contribution is 2.35. The van der Waals surface area contributed by atoms with E-state index in [1.807, 2.05) is 60.7 Å². The van der Waals surface area contributed by atoms with Crippen LogP contribution in [0.1, 0.15) is 10.4 Å². The van der Waals surface area contributed by atoms with Gasteiger partial charge in [0.05, 0.1) is 18.1 Å². The van der Waals surface area contributed by atoms with E-state index >= 15 is 0 Å². The smallest absolute Gasteiger partial charge is 0.250 e. The summed E-state index contributed by atoms with van der Waals surface area (Å²) in [4.78, 5) is 17.2. The fourth-order valence-corrected chi connectivity index (χ4v) is 3.66. The summed E-state index contributed by atoms with van der Waals surface area (Å²) in [6.45, 7) is 0. The second kappa shape index (κ2) is 5.59. The molecular weight excluding hydrogens is 308 g/mol. The van der Waals surface area contributed by atoms with Crippen LogP contribution in [-0.2, 0) is 0 Å². The van der Waals surface area contributed by atoms with Gasteiger partial charge in [-0.1, -0.05) is 48.2 Å². The Balaban J connectivity index is 1.59. The highest BCUT2D eigenvalue weighted by Gasteiger charge is 2.32. The van der Waals surface area contributed by atoms with Gasteiger partial charge in [0.2, 0.25) is 0 Å². The van der Waals surface area contributed by atoms with E-state index in [-0.39, 0.29) is 11.2 Å². The third-order valence-corrected chi connectivity index (χ3v) is 4.90. The van der Waals surface area contributed by atoms with Gasteiger partial charge in [0.1, 0.15) is 11.0 Å². The predicted molar refractivity (Wildman–Crippen MR) is 92.0 cm³/mol. The molecule has 23 heavy (non-hydrogen) atoms. The van der Waals surface area contributed by atoms with Gasteiger partial charge in [-0.25, -0.2) is 4.98 Å². The molecule has 0 N–H and O–H groups in total. The number of para-hydroxylation sites is 2. The fraction of sp³-hybridized carbons (Fsp3) is 0.111. The molecule has 1 aliphatic rings. The number of hydrogen-bond acceptors (Lipinski definition) is 4. The molecule has 0 aliphatic carbocycles. The topological polar surface area (TPSA) is 44.1 Å². The molecule has 0 amide bonds. The van der Waals surface area contributed by atoms with Crippen LogP contribution in [0.3, 0.4) is 0 Å². The van der Waals surface area contributed by atoms with Gasteiger partial charge in [-0.2, -0.15) is 0 Å². The van der Waals surface area contributed by atoms with E-state index in [4.69, 9.17) is 4.74 Å². The Morgan fingerprint density at radius 1 is 1.17 bits per heavy atom. The zero-order chi connectivity index (χ0) is 15.8. The van der Waals surface area contributed by atoms with Crippen LogP contribution in [0.4, 0.5) is 0 Å². The number of nitrogens with zero attached hydrogens (tertiary/aromatic N) is 2. The zero-order valence-corrected chi connectivity index (χ0v) is 13.3. The second-order valence-electron chi connectivity index (χ2n) is 5.23. The van der Waals surface area contributed by atoms with Crippen molar-refractivity contribution in [2.75, 3.05) is 7.11 Å². The molecule has 0 radical (unpaired) electrons. The van der Waals surface area contributed by atoms with E-state index in [2.05, 4.69) is 4.98 Å².